The Morgan fingerprint density at radius 3 is 2.79 bits per heavy atom. The van der Waals surface area contributed by atoms with E-state index in [0.717, 1.165) is 15.6 Å². The van der Waals surface area contributed by atoms with E-state index in [0.29, 0.717) is 15.3 Å². The van der Waals surface area contributed by atoms with Gasteiger partial charge < -0.3 is 10.2 Å². The molecule has 0 spiro atoms. The van der Waals surface area contributed by atoms with Gasteiger partial charge in [-0.25, -0.2) is 22.1 Å². The van der Waals surface area contributed by atoms with E-state index in [-0.39, 0.29) is 28.2 Å². The molecule has 2 aromatic heterocycles. The van der Waals surface area contributed by atoms with Crippen LogP contribution in [0.3, 0.4) is 0 Å². The third-order valence-electron chi connectivity index (χ3n) is 4.58. The summed E-state index contributed by atoms with van der Waals surface area (Å²) >= 11 is 7.57. The van der Waals surface area contributed by atoms with Crippen molar-refractivity contribution in [3.8, 4) is 21.9 Å². The van der Waals surface area contributed by atoms with Crippen molar-refractivity contribution in [2.75, 3.05) is 12.8 Å². The molecule has 0 saturated carbocycles. The number of aromatic nitrogens is 2. The average Bonchev–Trinajstić information content (AvgIpc) is 3.30. The van der Waals surface area contributed by atoms with E-state index in [1.165, 1.54) is 25.6 Å². The molecule has 4 rings (SSSR count). The smallest absolute Gasteiger partial charge is 0.247 e. The molecule has 0 radical (unpaired) electrons. The summed E-state index contributed by atoms with van der Waals surface area (Å²) in [6.45, 7) is 1.64. The molecule has 1 atom stereocenters. The third kappa shape index (κ3) is 3.38. The Morgan fingerprint density at radius 2 is 2.14 bits per heavy atom. The Morgan fingerprint density at radius 1 is 1.38 bits per heavy atom. The van der Waals surface area contributed by atoms with Crippen molar-refractivity contribution in [3.63, 3.8) is 0 Å². The number of halogens is 2. The molecule has 0 bridgehead atoms. The lowest BCUT2D eigenvalue weighted by molar-refractivity contribution is 0.482. The molecule has 12 heteroatoms. The van der Waals surface area contributed by atoms with Gasteiger partial charge in [-0.05, 0) is 31.2 Å². The van der Waals surface area contributed by atoms with Gasteiger partial charge in [0.25, 0.3) is 0 Å². The van der Waals surface area contributed by atoms with Gasteiger partial charge >= 0.3 is 0 Å². The minimum atomic E-state index is -3.66. The molecule has 1 aromatic carbocycles. The van der Waals surface area contributed by atoms with Gasteiger partial charge in [0.1, 0.15) is 11.4 Å². The van der Waals surface area contributed by atoms with Crippen LogP contribution in [0, 0.1) is 5.82 Å². The second-order valence-corrected chi connectivity index (χ2v) is 10.2. The average molecular weight is 456 g/mol. The molecule has 0 fully saturated rings. The van der Waals surface area contributed by atoms with Crippen LogP contribution >= 0.6 is 22.9 Å². The molecular formula is C17H15ClFN5O3S2. The molecule has 1 unspecified atom stereocenters. The predicted octanol–water partition coefficient (Wildman–Crippen LogP) is 3.06. The minimum Gasteiger partial charge on any atom is -0.423 e. The molecule has 8 nitrogen and oxygen atoms in total. The van der Waals surface area contributed by atoms with Crippen molar-refractivity contribution in [2.24, 2.45) is 10.7 Å². The lowest BCUT2D eigenvalue weighted by atomic mass is 10.0. The zero-order valence-corrected chi connectivity index (χ0v) is 17.6. The highest BCUT2D eigenvalue weighted by Gasteiger charge is 2.42. The first-order chi connectivity index (χ1) is 13.6. The summed E-state index contributed by atoms with van der Waals surface area (Å²) in [6, 6.07) is 5.97. The molecule has 1 aliphatic heterocycles. The van der Waals surface area contributed by atoms with Crippen molar-refractivity contribution in [1.29, 1.82) is 0 Å². The fourth-order valence-electron chi connectivity index (χ4n) is 3.08. The van der Waals surface area contributed by atoms with E-state index in [4.69, 9.17) is 21.8 Å². The molecule has 2 N–H and O–H groups in total. The fraction of sp³-hybridized carbons (Fsp3) is 0.235. The summed E-state index contributed by atoms with van der Waals surface area (Å²) in [7, 11) is -2.32. The Labute approximate surface area is 174 Å². The third-order valence-corrected chi connectivity index (χ3v) is 8.36. The molecule has 0 amide bonds. The van der Waals surface area contributed by atoms with Crippen molar-refractivity contribution in [3.05, 3.63) is 46.4 Å². The van der Waals surface area contributed by atoms with Gasteiger partial charge in [-0.2, -0.15) is 0 Å². The predicted molar refractivity (Wildman–Crippen MR) is 109 cm³/mol. The highest BCUT2D eigenvalue weighted by atomic mass is 35.5. The van der Waals surface area contributed by atoms with Gasteiger partial charge in [0, 0.05) is 23.1 Å². The van der Waals surface area contributed by atoms with Gasteiger partial charge in [-0.3, -0.25) is 0 Å². The van der Waals surface area contributed by atoms with E-state index in [1.807, 2.05) is 0 Å². The summed E-state index contributed by atoms with van der Waals surface area (Å²) in [5.41, 5.74) is 5.44. The van der Waals surface area contributed by atoms with E-state index < -0.39 is 21.4 Å². The second kappa shape index (κ2) is 6.78. The zero-order valence-electron chi connectivity index (χ0n) is 15.3. The van der Waals surface area contributed by atoms with E-state index in [9.17, 15) is 12.8 Å². The first-order valence-electron chi connectivity index (χ1n) is 8.29. The Hall–Kier alpha value is -2.50. The van der Waals surface area contributed by atoms with Crippen LogP contribution in [0.5, 0.6) is 0 Å². The number of thiophene rings is 1. The minimum absolute atomic E-state index is 0.130. The number of hydrogen-bond acceptors (Lipinski definition) is 8. The number of nitrogens with zero attached hydrogens (tertiary/aromatic N) is 4. The standard InChI is InChI=1S/C17H15ClFN5O3S2/c1-17(7-29(25,26)24(2)16(20)22-17)14-11(18)6-13(28-14)10-5-9(3-4-12(10)19)15-23-21-8-27-15/h3-6,8H,7H2,1-2H3,(H2,20,22). The second-order valence-electron chi connectivity index (χ2n) is 6.69. The molecule has 29 heavy (non-hydrogen) atoms. The van der Waals surface area contributed by atoms with Gasteiger partial charge in [-0.1, -0.05) is 11.6 Å². The number of benzene rings is 1. The largest absolute Gasteiger partial charge is 0.423 e. The number of aliphatic imine (C=N–C) groups is 1. The highest BCUT2D eigenvalue weighted by molar-refractivity contribution is 7.89. The van der Waals surface area contributed by atoms with Crippen molar-refractivity contribution in [1.82, 2.24) is 14.5 Å². The topological polar surface area (TPSA) is 115 Å². The molecule has 152 valence electrons. The lowest BCUT2D eigenvalue weighted by Gasteiger charge is -2.33. The van der Waals surface area contributed by atoms with Crippen molar-refractivity contribution >= 4 is 38.9 Å². The maximum absolute atomic E-state index is 14.6. The molecule has 0 saturated heterocycles. The van der Waals surface area contributed by atoms with Crippen LogP contribution in [-0.2, 0) is 15.6 Å². The van der Waals surface area contributed by atoms with Crippen LogP contribution in [0.2, 0.25) is 5.02 Å². The first kappa shape index (κ1) is 19.8. The molecule has 0 aliphatic carbocycles. The maximum atomic E-state index is 14.6. The summed E-state index contributed by atoms with van der Waals surface area (Å²) in [4.78, 5) is 5.34. The Kier molecular flexibility index (Phi) is 4.63. The molecule has 3 heterocycles. The first-order valence-corrected chi connectivity index (χ1v) is 11.1. The summed E-state index contributed by atoms with van der Waals surface area (Å²) in [5, 5.41) is 7.73. The van der Waals surface area contributed by atoms with Gasteiger partial charge in [0.15, 0.2) is 0 Å². The summed E-state index contributed by atoms with van der Waals surface area (Å²) in [5.74, 6) is -0.655. The Balaban J connectivity index is 1.81. The van der Waals surface area contributed by atoms with Gasteiger partial charge in [-0.15, -0.1) is 21.5 Å². The number of nitrogens with two attached hydrogens (primary N) is 1. The number of guanidine groups is 1. The van der Waals surface area contributed by atoms with E-state index in [2.05, 4.69) is 15.2 Å². The zero-order chi connectivity index (χ0) is 21.0. The fourth-order valence-corrected chi connectivity index (χ4v) is 6.26. The van der Waals surface area contributed by atoms with Crippen LogP contribution in [0.15, 0.2) is 40.1 Å². The maximum Gasteiger partial charge on any atom is 0.247 e. The van der Waals surface area contributed by atoms with Crippen molar-refractivity contribution in [2.45, 2.75) is 12.5 Å². The normalized spacial score (nSPS) is 21.2. The van der Waals surface area contributed by atoms with Crippen molar-refractivity contribution < 1.29 is 17.2 Å². The van der Waals surface area contributed by atoms with Crippen LogP contribution in [0.1, 0.15) is 11.8 Å². The monoisotopic (exact) mass is 455 g/mol. The van der Waals surface area contributed by atoms with Crippen LogP contribution < -0.4 is 5.73 Å². The number of hydrogen-bond donors (Lipinski definition) is 1. The number of rotatable bonds is 3. The van der Waals surface area contributed by atoms with E-state index >= 15 is 0 Å². The van der Waals surface area contributed by atoms with Gasteiger partial charge in [0.2, 0.25) is 28.3 Å². The molecule has 3 aromatic rings. The number of sulfonamides is 1. The Bertz CT molecular complexity index is 1230. The molecular weight excluding hydrogens is 441 g/mol. The van der Waals surface area contributed by atoms with Crippen LogP contribution in [0.25, 0.3) is 21.9 Å². The summed E-state index contributed by atoms with van der Waals surface area (Å²) < 4.78 is 45.5. The lowest BCUT2D eigenvalue weighted by Crippen LogP contribution is -2.50. The van der Waals surface area contributed by atoms with Crippen LogP contribution in [-0.4, -0.2) is 41.7 Å². The van der Waals surface area contributed by atoms with Gasteiger partial charge in [0.05, 0.1) is 15.7 Å². The quantitative estimate of drug-likeness (QED) is 0.649. The van der Waals surface area contributed by atoms with Crippen LogP contribution in [0.4, 0.5) is 4.39 Å². The molecule has 1 aliphatic rings. The van der Waals surface area contributed by atoms with E-state index in [1.54, 1.807) is 19.1 Å². The SMILES string of the molecule is CN1C(N)=NC(C)(c2sc(-c3cc(-c4nnco4)ccc3F)cc2Cl)CS1(=O)=O. The highest BCUT2D eigenvalue weighted by Crippen LogP contribution is 2.45. The summed E-state index contributed by atoms with van der Waals surface area (Å²) in [6.07, 6.45) is 1.18.